The molecule has 146 valence electrons. The van der Waals surface area contributed by atoms with E-state index in [1.54, 1.807) is 6.07 Å². The van der Waals surface area contributed by atoms with E-state index in [1.165, 1.54) is 53.5 Å². The van der Waals surface area contributed by atoms with Gasteiger partial charge in [-0.05, 0) is 74.0 Å². The van der Waals surface area contributed by atoms with Gasteiger partial charge in [0.15, 0.2) is 0 Å². The number of nitrogens with one attached hydrogen (secondary N) is 1. The topological polar surface area (TPSA) is 39.3 Å². The summed E-state index contributed by atoms with van der Waals surface area (Å²) < 4.78 is 0. The van der Waals surface area contributed by atoms with Gasteiger partial charge >= 0.3 is 0 Å². The van der Waals surface area contributed by atoms with Crippen molar-refractivity contribution in [2.24, 2.45) is 5.92 Å². The molecule has 0 radical (unpaired) electrons. The van der Waals surface area contributed by atoms with Crippen LogP contribution in [0, 0.1) is 5.92 Å². The zero-order valence-electron chi connectivity index (χ0n) is 16.7. The number of hydrogen-bond donors (Lipinski definition) is 2. The zero-order valence-corrected chi connectivity index (χ0v) is 16.7. The average Bonchev–Trinajstić information content (AvgIpc) is 3.07. The van der Waals surface area contributed by atoms with Gasteiger partial charge in [-0.25, -0.2) is 0 Å². The molecule has 1 aromatic heterocycles. The Morgan fingerprint density at radius 3 is 2.93 bits per heavy atom. The summed E-state index contributed by atoms with van der Waals surface area (Å²) in [6, 6.07) is 16.8. The number of aromatic amines is 1. The molecule has 0 saturated carbocycles. The number of phenols is 1. The number of unbranched alkanes of at least 4 members (excludes halogenated alkanes) is 1. The van der Waals surface area contributed by atoms with Crippen LogP contribution in [-0.2, 0) is 18.3 Å². The highest BCUT2D eigenvalue weighted by atomic mass is 16.3. The maximum Gasteiger partial charge on any atom is 0.115 e. The molecule has 0 bridgehead atoms. The molecule has 2 N–H and O–H groups in total. The minimum atomic E-state index is 0.120. The number of hydrogen-bond acceptors (Lipinski definition) is 2. The van der Waals surface area contributed by atoms with E-state index in [2.05, 4.69) is 47.1 Å². The zero-order chi connectivity index (χ0) is 19.1. The Kier molecular flexibility index (Phi) is 4.43. The van der Waals surface area contributed by atoms with Crippen molar-refractivity contribution >= 4 is 10.9 Å². The fourth-order valence-electron chi connectivity index (χ4n) is 5.72. The third-order valence-corrected chi connectivity index (χ3v) is 7.23. The van der Waals surface area contributed by atoms with Crippen LogP contribution in [0.5, 0.6) is 5.75 Å². The number of phenolic OH excluding ortho intramolecular Hbond substituents is 1. The second kappa shape index (κ2) is 6.97. The Morgan fingerprint density at radius 2 is 2.07 bits per heavy atom. The Balaban J connectivity index is 1.58. The molecule has 3 aromatic rings. The maximum atomic E-state index is 10.2. The quantitative estimate of drug-likeness (QED) is 0.672. The van der Waals surface area contributed by atoms with Gasteiger partial charge in [-0.1, -0.05) is 43.7 Å². The van der Waals surface area contributed by atoms with Crippen molar-refractivity contribution in [1.82, 2.24) is 9.88 Å². The first-order valence-corrected chi connectivity index (χ1v) is 10.8. The van der Waals surface area contributed by atoms with E-state index in [-0.39, 0.29) is 5.41 Å². The highest BCUT2D eigenvalue weighted by Crippen LogP contribution is 2.49. The summed E-state index contributed by atoms with van der Waals surface area (Å²) in [4.78, 5) is 6.40. The first-order chi connectivity index (χ1) is 13.7. The number of piperidine rings is 1. The molecule has 2 aromatic carbocycles. The van der Waals surface area contributed by atoms with Crippen molar-refractivity contribution in [3.05, 3.63) is 65.4 Å². The molecule has 1 aliphatic heterocycles. The van der Waals surface area contributed by atoms with Crippen molar-refractivity contribution < 1.29 is 5.11 Å². The Morgan fingerprint density at radius 1 is 1.18 bits per heavy atom. The van der Waals surface area contributed by atoms with Gasteiger partial charge in [-0.2, -0.15) is 0 Å². The summed E-state index contributed by atoms with van der Waals surface area (Å²) in [5.41, 5.74) is 5.63. The fraction of sp³-hybridized carbons (Fsp3) is 0.440. The molecule has 0 amide bonds. The molecular formula is C25H30N2O. The molecule has 2 heterocycles. The summed E-state index contributed by atoms with van der Waals surface area (Å²) in [7, 11) is 0. The van der Waals surface area contributed by atoms with Crippen molar-refractivity contribution in [3.8, 4) is 5.75 Å². The number of benzene rings is 2. The van der Waals surface area contributed by atoms with Crippen LogP contribution in [0.3, 0.4) is 0 Å². The summed E-state index contributed by atoms with van der Waals surface area (Å²) in [6.07, 6.45) is 5.87. The van der Waals surface area contributed by atoms with Crippen LogP contribution in [0.15, 0.2) is 48.5 Å². The number of rotatable bonds is 4. The Labute approximate surface area is 167 Å². The second-order valence-electron chi connectivity index (χ2n) is 8.82. The molecule has 3 nitrogen and oxygen atoms in total. The molecule has 2 atom stereocenters. The molecular weight excluding hydrogens is 344 g/mol. The van der Waals surface area contributed by atoms with Crippen LogP contribution in [0.4, 0.5) is 0 Å². The largest absolute Gasteiger partial charge is 0.508 e. The third-order valence-electron chi connectivity index (χ3n) is 7.23. The van der Waals surface area contributed by atoms with Crippen LogP contribution in [0.25, 0.3) is 10.9 Å². The normalized spacial score (nSPS) is 24.8. The van der Waals surface area contributed by atoms with Crippen LogP contribution < -0.4 is 0 Å². The lowest BCUT2D eigenvalue weighted by Gasteiger charge is -2.51. The van der Waals surface area contributed by atoms with E-state index in [0.717, 1.165) is 25.9 Å². The van der Waals surface area contributed by atoms with E-state index in [0.29, 0.717) is 11.7 Å². The van der Waals surface area contributed by atoms with Crippen molar-refractivity contribution in [1.29, 1.82) is 0 Å². The summed E-state index contributed by atoms with van der Waals surface area (Å²) >= 11 is 0. The summed E-state index contributed by atoms with van der Waals surface area (Å²) in [5.74, 6) is 0.980. The van der Waals surface area contributed by atoms with Gasteiger partial charge in [0.05, 0.1) is 0 Å². The smallest absolute Gasteiger partial charge is 0.115 e. The number of likely N-dealkylation sites (tertiary alicyclic amines) is 1. The highest BCUT2D eigenvalue weighted by Gasteiger charge is 2.47. The van der Waals surface area contributed by atoms with Crippen LogP contribution in [0.2, 0.25) is 0 Å². The fourth-order valence-corrected chi connectivity index (χ4v) is 5.72. The number of aromatic nitrogens is 1. The number of para-hydroxylation sites is 1. The van der Waals surface area contributed by atoms with E-state index in [4.69, 9.17) is 0 Å². The first kappa shape index (κ1) is 17.8. The average molecular weight is 375 g/mol. The second-order valence-corrected chi connectivity index (χ2v) is 8.82. The molecule has 0 spiro atoms. The van der Waals surface area contributed by atoms with Gasteiger partial charge in [0.2, 0.25) is 0 Å². The standard InChI is InChI=1S/C25H30N2O/c1-2-3-12-27-13-11-25(18-7-6-8-20(28)14-18)16-24-22(15-19(25)17-27)21-9-4-5-10-23(21)26-24/h4-10,14,19,26,28H,2-3,11-13,15-17H2,1H3/t19?,25-/m1/s1. The van der Waals surface area contributed by atoms with E-state index in [1.807, 2.05) is 12.1 Å². The molecule has 1 aliphatic carbocycles. The van der Waals surface area contributed by atoms with Crippen LogP contribution in [-0.4, -0.2) is 34.6 Å². The predicted molar refractivity (Wildman–Crippen MR) is 115 cm³/mol. The molecule has 28 heavy (non-hydrogen) atoms. The van der Waals surface area contributed by atoms with Crippen LogP contribution in [0.1, 0.15) is 43.0 Å². The van der Waals surface area contributed by atoms with Gasteiger partial charge in [-0.15, -0.1) is 0 Å². The predicted octanol–water partition coefficient (Wildman–Crippen LogP) is 5.03. The summed E-state index contributed by atoms with van der Waals surface area (Å²) in [5, 5.41) is 11.6. The lowest BCUT2D eigenvalue weighted by molar-refractivity contribution is 0.0805. The monoisotopic (exact) mass is 374 g/mol. The van der Waals surface area contributed by atoms with Gasteiger partial charge in [0.1, 0.15) is 5.75 Å². The lowest BCUT2D eigenvalue weighted by Crippen LogP contribution is -2.53. The number of nitrogens with zero attached hydrogens (tertiary/aromatic N) is 1. The van der Waals surface area contributed by atoms with Gasteiger partial charge in [0, 0.05) is 28.6 Å². The SMILES string of the molecule is CCCCN1CC[C@]2(c3cccc(O)c3)Cc3[nH]c4ccccc4c3CC2C1. The molecule has 1 saturated heterocycles. The molecule has 5 rings (SSSR count). The van der Waals surface area contributed by atoms with Gasteiger partial charge < -0.3 is 15.0 Å². The third kappa shape index (κ3) is 2.84. The van der Waals surface area contributed by atoms with Crippen LogP contribution >= 0.6 is 0 Å². The molecule has 2 aliphatic rings. The Bertz CT molecular complexity index is 991. The number of fused-ring (bicyclic) bond motifs is 4. The Hall–Kier alpha value is -2.26. The minimum Gasteiger partial charge on any atom is -0.508 e. The lowest BCUT2D eigenvalue weighted by atomic mass is 9.58. The first-order valence-electron chi connectivity index (χ1n) is 10.8. The van der Waals surface area contributed by atoms with Crippen molar-refractivity contribution in [2.75, 3.05) is 19.6 Å². The molecule has 1 unspecified atom stereocenters. The maximum absolute atomic E-state index is 10.2. The van der Waals surface area contributed by atoms with Gasteiger partial charge in [0.25, 0.3) is 0 Å². The molecule has 3 heteroatoms. The highest BCUT2D eigenvalue weighted by molar-refractivity contribution is 5.85. The number of aromatic hydroxyl groups is 1. The van der Waals surface area contributed by atoms with Crippen molar-refractivity contribution in [3.63, 3.8) is 0 Å². The summed E-state index contributed by atoms with van der Waals surface area (Å²) in [6.45, 7) is 5.81. The number of H-pyrrole nitrogens is 1. The van der Waals surface area contributed by atoms with Gasteiger partial charge in [-0.3, -0.25) is 0 Å². The molecule has 1 fully saturated rings. The van der Waals surface area contributed by atoms with E-state index < -0.39 is 0 Å². The minimum absolute atomic E-state index is 0.120. The van der Waals surface area contributed by atoms with E-state index in [9.17, 15) is 5.11 Å². The van der Waals surface area contributed by atoms with Crippen molar-refractivity contribution in [2.45, 2.75) is 44.4 Å². The van der Waals surface area contributed by atoms with E-state index >= 15 is 0 Å².